The predicted octanol–water partition coefficient (Wildman–Crippen LogP) is 7.35. The van der Waals surface area contributed by atoms with Gasteiger partial charge >= 0.3 is 5.97 Å². The van der Waals surface area contributed by atoms with Crippen molar-refractivity contribution in [3.05, 3.63) is 18.2 Å². The van der Waals surface area contributed by atoms with Gasteiger partial charge in [-0.25, -0.2) is 0 Å². The maximum Gasteiger partial charge on any atom is 0.307 e. The third kappa shape index (κ3) is 10.9. The van der Waals surface area contributed by atoms with Gasteiger partial charge in [0, 0.05) is 37.9 Å². The van der Waals surface area contributed by atoms with Crippen molar-refractivity contribution in [2.75, 3.05) is 50.1 Å². The van der Waals surface area contributed by atoms with E-state index in [1.807, 2.05) is 12.1 Å². The number of nitrogens with zero attached hydrogens (tertiary/aromatic N) is 2. The van der Waals surface area contributed by atoms with Crippen molar-refractivity contribution in [2.24, 2.45) is 11.8 Å². The molecule has 40 heavy (non-hydrogen) atoms. The minimum absolute atomic E-state index is 0.199. The summed E-state index contributed by atoms with van der Waals surface area (Å²) in [6, 6.07) is 6.03. The maximum atomic E-state index is 13.2. The summed E-state index contributed by atoms with van der Waals surface area (Å²) in [6.07, 6.45) is 18.6. The Morgan fingerprint density at radius 1 is 0.850 bits per heavy atom. The van der Waals surface area contributed by atoms with Gasteiger partial charge in [0.05, 0.1) is 24.1 Å². The van der Waals surface area contributed by atoms with Crippen LogP contribution in [0.2, 0.25) is 0 Å². The fourth-order valence-corrected chi connectivity index (χ4v) is 6.09. The van der Waals surface area contributed by atoms with E-state index in [-0.39, 0.29) is 5.91 Å². The lowest BCUT2D eigenvalue weighted by atomic mass is 9.78. The molecule has 1 saturated carbocycles. The van der Waals surface area contributed by atoms with Crippen LogP contribution in [-0.4, -0.2) is 61.7 Å². The van der Waals surface area contributed by atoms with E-state index in [4.69, 9.17) is 4.74 Å². The first kappa shape index (κ1) is 32.2. The molecular weight excluding hydrogens is 502 g/mol. The minimum Gasteiger partial charge on any atom is -0.491 e. The summed E-state index contributed by atoms with van der Waals surface area (Å²) in [4.78, 5) is 29.7. The van der Waals surface area contributed by atoms with Gasteiger partial charge in [-0.2, -0.15) is 0 Å². The molecule has 2 fully saturated rings. The van der Waals surface area contributed by atoms with Gasteiger partial charge < -0.3 is 25.0 Å². The standard InChI is InChI=1S/C33H55N3O4/c1-3-4-5-6-7-8-9-10-11-12-13-16-25-40-31-26-27(36-23-21-35(2)22-24-36)19-20-30(31)34-32(37)28-17-14-15-18-29(28)33(38)39/h19-20,26,28-29H,3-18,21-25H2,1-2H3,(H,34,37)(H,38,39). The fourth-order valence-electron chi connectivity index (χ4n) is 6.09. The number of aliphatic carboxylic acids is 1. The number of likely N-dealkylation sites (N-methyl/N-ethyl adjacent to an activating group) is 1. The molecule has 2 unspecified atom stereocenters. The first-order valence-corrected chi connectivity index (χ1v) is 16.2. The van der Waals surface area contributed by atoms with E-state index in [9.17, 15) is 14.7 Å². The molecule has 1 heterocycles. The van der Waals surface area contributed by atoms with E-state index in [1.165, 1.54) is 64.2 Å². The molecule has 1 aromatic carbocycles. The molecular formula is C33H55N3O4. The van der Waals surface area contributed by atoms with E-state index in [0.29, 0.717) is 30.9 Å². The van der Waals surface area contributed by atoms with Crippen LogP contribution in [0.15, 0.2) is 18.2 Å². The SMILES string of the molecule is CCCCCCCCCCCCCCOc1cc(N2CCN(C)CC2)ccc1NC(=O)C1CCCCC1C(=O)O. The first-order valence-electron chi connectivity index (χ1n) is 16.2. The zero-order valence-corrected chi connectivity index (χ0v) is 25.3. The number of carboxylic acid groups (broad SMARTS) is 1. The lowest BCUT2D eigenvalue weighted by Gasteiger charge is -2.34. The molecule has 0 bridgehead atoms. The van der Waals surface area contributed by atoms with E-state index in [1.54, 1.807) is 0 Å². The Kier molecular flexibility index (Phi) is 14.7. The van der Waals surface area contributed by atoms with Crippen molar-refractivity contribution < 1.29 is 19.4 Å². The molecule has 0 aromatic heterocycles. The monoisotopic (exact) mass is 557 g/mol. The number of benzene rings is 1. The molecule has 2 atom stereocenters. The van der Waals surface area contributed by atoms with Crippen LogP contribution in [0.3, 0.4) is 0 Å². The van der Waals surface area contributed by atoms with Crippen LogP contribution in [0.5, 0.6) is 5.75 Å². The van der Waals surface area contributed by atoms with E-state index < -0.39 is 17.8 Å². The highest BCUT2D eigenvalue weighted by atomic mass is 16.5. The molecule has 1 amide bonds. The Hall–Kier alpha value is -2.28. The van der Waals surface area contributed by atoms with Crippen LogP contribution in [0.1, 0.15) is 110 Å². The highest BCUT2D eigenvalue weighted by molar-refractivity contribution is 5.96. The predicted molar refractivity (Wildman–Crippen MR) is 164 cm³/mol. The molecule has 1 aliphatic heterocycles. The summed E-state index contributed by atoms with van der Waals surface area (Å²) >= 11 is 0. The van der Waals surface area contributed by atoms with E-state index in [2.05, 4.69) is 35.2 Å². The number of hydrogen-bond acceptors (Lipinski definition) is 5. The van der Waals surface area contributed by atoms with E-state index in [0.717, 1.165) is 57.5 Å². The number of carbonyl (C=O) groups is 2. The number of rotatable bonds is 18. The Labute approximate surface area is 243 Å². The molecule has 1 saturated heterocycles. The molecule has 0 radical (unpaired) electrons. The lowest BCUT2D eigenvalue weighted by molar-refractivity contribution is -0.147. The van der Waals surface area contributed by atoms with Crippen LogP contribution in [-0.2, 0) is 9.59 Å². The lowest BCUT2D eigenvalue weighted by Crippen LogP contribution is -2.44. The summed E-state index contributed by atoms with van der Waals surface area (Å²) in [7, 11) is 2.15. The molecule has 3 rings (SSSR count). The number of anilines is 2. The van der Waals surface area contributed by atoms with Gasteiger partial charge in [-0.1, -0.05) is 90.4 Å². The topological polar surface area (TPSA) is 82.1 Å². The van der Waals surface area contributed by atoms with Crippen LogP contribution < -0.4 is 15.0 Å². The Morgan fingerprint density at radius 2 is 1.43 bits per heavy atom. The summed E-state index contributed by atoms with van der Waals surface area (Å²) < 4.78 is 6.28. The van der Waals surface area contributed by atoms with Gasteiger partial charge in [0.15, 0.2) is 0 Å². The number of hydrogen-bond donors (Lipinski definition) is 2. The van der Waals surface area contributed by atoms with Crippen molar-refractivity contribution in [2.45, 2.75) is 110 Å². The zero-order valence-electron chi connectivity index (χ0n) is 25.3. The van der Waals surface area contributed by atoms with Gasteiger partial charge in [0.2, 0.25) is 5.91 Å². The van der Waals surface area contributed by atoms with Crippen LogP contribution in [0, 0.1) is 11.8 Å². The molecule has 226 valence electrons. The van der Waals surface area contributed by atoms with Crippen molar-refractivity contribution in [1.82, 2.24) is 4.90 Å². The van der Waals surface area contributed by atoms with Gasteiger partial charge in [-0.15, -0.1) is 0 Å². The second-order valence-corrected chi connectivity index (χ2v) is 12.0. The van der Waals surface area contributed by atoms with Gasteiger partial charge in [0.1, 0.15) is 5.75 Å². The minimum atomic E-state index is -0.867. The number of piperazine rings is 1. The normalized spacial score (nSPS) is 19.9. The second kappa shape index (κ2) is 18.2. The molecule has 0 spiro atoms. The number of carboxylic acids is 1. The smallest absolute Gasteiger partial charge is 0.307 e. The summed E-state index contributed by atoms with van der Waals surface area (Å²) in [5, 5.41) is 12.7. The molecule has 1 aromatic rings. The third-order valence-electron chi connectivity index (χ3n) is 8.77. The largest absolute Gasteiger partial charge is 0.491 e. The Morgan fingerprint density at radius 3 is 2.02 bits per heavy atom. The quantitative estimate of drug-likeness (QED) is 0.184. The Bertz CT molecular complexity index is 884. The molecule has 7 nitrogen and oxygen atoms in total. The summed E-state index contributed by atoms with van der Waals surface area (Å²) in [5.74, 6) is -1.48. The third-order valence-corrected chi connectivity index (χ3v) is 8.77. The van der Waals surface area contributed by atoms with E-state index >= 15 is 0 Å². The average molecular weight is 558 g/mol. The van der Waals surface area contributed by atoms with Crippen molar-refractivity contribution in [3.8, 4) is 5.75 Å². The Balaban J connectivity index is 1.49. The van der Waals surface area contributed by atoms with Gasteiger partial charge in [-0.05, 0) is 38.4 Å². The first-order chi connectivity index (χ1) is 19.5. The highest BCUT2D eigenvalue weighted by Crippen LogP contribution is 2.35. The number of ether oxygens (including phenoxy) is 1. The second-order valence-electron chi connectivity index (χ2n) is 12.0. The van der Waals surface area contributed by atoms with Crippen molar-refractivity contribution in [3.63, 3.8) is 0 Å². The van der Waals surface area contributed by atoms with Gasteiger partial charge in [-0.3, -0.25) is 9.59 Å². The molecule has 2 aliphatic rings. The average Bonchev–Trinajstić information content (AvgIpc) is 2.96. The number of carbonyl (C=O) groups excluding carboxylic acids is 1. The van der Waals surface area contributed by atoms with Crippen molar-refractivity contribution >= 4 is 23.3 Å². The number of amides is 1. The summed E-state index contributed by atoms with van der Waals surface area (Å²) in [6.45, 7) is 6.85. The maximum absolute atomic E-state index is 13.2. The fraction of sp³-hybridized carbons (Fsp3) is 0.758. The molecule has 2 N–H and O–H groups in total. The van der Waals surface area contributed by atoms with Crippen LogP contribution >= 0.6 is 0 Å². The highest BCUT2D eigenvalue weighted by Gasteiger charge is 2.36. The van der Waals surface area contributed by atoms with Gasteiger partial charge in [0.25, 0.3) is 0 Å². The summed E-state index contributed by atoms with van der Waals surface area (Å²) in [5.41, 5.74) is 1.76. The number of nitrogens with one attached hydrogen (secondary N) is 1. The van der Waals surface area contributed by atoms with Crippen LogP contribution in [0.25, 0.3) is 0 Å². The number of unbranched alkanes of at least 4 members (excludes halogenated alkanes) is 11. The van der Waals surface area contributed by atoms with Crippen LogP contribution in [0.4, 0.5) is 11.4 Å². The zero-order chi connectivity index (χ0) is 28.6. The molecule has 7 heteroatoms. The molecule has 1 aliphatic carbocycles. The van der Waals surface area contributed by atoms with Crippen molar-refractivity contribution in [1.29, 1.82) is 0 Å².